The zero-order valence-corrected chi connectivity index (χ0v) is 6.86. The fraction of sp³-hybridized carbons (Fsp3) is 0.143. The van der Waals surface area contributed by atoms with Crippen LogP contribution in [0.15, 0.2) is 24.5 Å². The van der Waals surface area contributed by atoms with Gasteiger partial charge < -0.3 is 5.73 Å². The quantitative estimate of drug-likeness (QED) is 0.756. The van der Waals surface area contributed by atoms with Gasteiger partial charge in [-0.1, -0.05) is 0 Å². The highest BCUT2D eigenvalue weighted by molar-refractivity contribution is 5.71. The van der Waals surface area contributed by atoms with Crippen LogP contribution in [-0.4, -0.2) is 17.4 Å². The van der Waals surface area contributed by atoms with Crippen LogP contribution in [0.25, 0.3) is 0 Å². The van der Waals surface area contributed by atoms with E-state index < -0.39 is 12.4 Å². The van der Waals surface area contributed by atoms with Crippen molar-refractivity contribution in [2.45, 2.75) is 6.43 Å². The second-order valence-electron chi connectivity index (χ2n) is 1.98. The number of halogens is 3. The van der Waals surface area contributed by atoms with Crippen molar-refractivity contribution in [1.29, 1.82) is 0 Å². The molecule has 14 heavy (non-hydrogen) atoms. The number of pyridine rings is 1. The zero-order valence-electron chi connectivity index (χ0n) is 6.86. The molecule has 0 aliphatic carbocycles. The number of carbonyl (C=O) groups excluding carboxylic acids is 1. The summed E-state index contributed by atoms with van der Waals surface area (Å²) in [5.41, 5.74) is 6.08. The molecule has 1 aromatic heterocycles. The molecule has 1 aromatic rings. The molecule has 0 aliphatic rings. The largest absolute Gasteiger partial charge is 0.414 e. The number of rotatable bonds is 1. The van der Waals surface area contributed by atoms with Gasteiger partial charge in [0.05, 0.1) is 0 Å². The van der Waals surface area contributed by atoms with Gasteiger partial charge in [-0.15, -0.1) is 0 Å². The molecule has 0 unspecified atom stereocenters. The van der Waals surface area contributed by atoms with Gasteiger partial charge in [-0.2, -0.15) is 8.78 Å². The van der Waals surface area contributed by atoms with E-state index >= 15 is 0 Å². The van der Waals surface area contributed by atoms with Gasteiger partial charge in [0, 0.05) is 22.6 Å². The molecule has 0 bridgehead atoms. The van der Waals surface area contributed by atoms with Crippen LogP contribution in [0.2, 0.25) is 0 Å². The van der Waals surface area contributed by atoms with Crippen molar-refractivity contribution >= 4 is 11.7 Å². The molecule has 0 saturated heterocycles. The number of hydrogen-bond donors (Lipinski definition) is 1. The summed E-state index contributed by atoms with van der Waals surface area (Å²) < 4.78 is 31.7. The molecule has 0 aromatic carbocycles. The number of carbonyl (C=O) groups is 1. The van der Waals surface area contributed by atoms with Crippen molar-refractivity contribution < 1.29 is 23.0 Å². The summed E-state index contributed by atoms with van der Waals surface area (Å²) in [4.78, 5) is 15.1. The lowest BCUT2D eigenvalue weighted by molar-refractivity contribution is -0.196. The normalized spacial score (nSPS) is 8.86. The second-order valence-corrected chi connectivity index (χ2v) is 1.98. The minimum atomic E-state index is -3.37. The highest BCUT2D eigenvalue weighted by Gasteiger charge is 2.16. The lowest BCUT2D eigenvalue weighted by Gasteiger charge is -1.85. The lowest BCUT2D eigenvalue weighted by atomic mass is 10.4. The molecule has 1 heterocycles. The van der Waals surface area contributed by atoms with Crippen LogP contribution >= 0.6 is 0 Å². The van der Waals surface area contributed by atoms with E-state index in [4.69, 9.17) is 10.5 Å². The summed E-state index contributed by atoms with van der Waals surface area (Å²) in [5, 5.41) is 0. The van der Waals surface area contributed by atoms with Gasteiger partial charge in [-0.05, 0) is 12.1 Å². The average Bonchev–Trinajstić information content (AvgIpc) is 2.18. The number of anilines is 1. The Hall–Kier alpha value is -1.79. The Bertz CT molecular complexity index is 269. The minimum absolute atomic E-state index is 0.759. The van der Waals surface area contributed by atoms with E-state index in [2.05, 4.69) is 9.93 Å². The van der Waals surface area contributed by atoms with Crippen molar-refractivity contribution in [1.82, 2.24) is 4.98 Å². The number of alkyl halides is 2. The van der Waals surface area contributed by atoms with Crippen molar-refractivity contribution in [2.75, 3.05) is 5.73 Å². The minimum Gasteiger partial charge on any atom is -0.399 e. The molecule has 4 nitrogen and oxygen atoms in total. The molecule has 78 valence electrons. The molecular formula is C7H7F3N2O2. The third-order valence-electron chi connectivity index (χ3n) is 0.960. The maximum Gasteiger partial charge on any atom is 0.414 e. The SMILES string of the molecule is Nc1ccncc1.O=C(OF)C(F)F. The number of aromatic nitrogens is 1. The highest BCUT2D eigenvalue weighted by Crippen LogP contribution is 1.94. The topological polar surface area (TPSA) is 65.2 Å². The predicted molar refractivity (Wildman–Crippen MR) is 41.9 cm³/mol. The molecule has 0 radical (unpaired) electrons. The standard InChI is InChI=1S/C5H6N2.C2HF3O2/c6-5-1-3-7-4-2-5;3-1(4)2(6)7-5/h1-4H,(H2,6,7);1H. The van der Waals surface area contributed by atoms with Crippen LogP contribution in [-0.2, 0) is 9.74 Å². The van der Waals surface area contributed by atoms with Crippen molar-refractivity contribution in [3.8, 4) is 0 Å². The smallest absolute Gasteiger partial charge is 0.399 e. The predicted octanol–water partition coefficient (Wildman–Crippen LogP) is 1.34. The molecular weight excluding hydrogens is 201 g/mol. The number of nitrogens with two attached hydrogens (primary N) is 1. The van der Waals surface area contributed by atoms with E-state index in [1.165, 1.54) is 0 Å². The maximum atomic E-state index is 10.7. The van der Waals surface area contributed by atoms with E-state index in [0.29, 0.717) is 0 Å². The van der Waals surface area contributed by atoms with Crippen molar-refractivity contribution in [2.24, 2.45) is 0 Å². The summed E-state index contributed by atoms with van der Waals surface area (Å²) in [6.07, 6.45) is -0.0463. The van der Waals surface area contributed by atoms with Gasteiger partial charge in [0.2, 0.25) is 0 Å². The molecule has 7 heteroatoms. The lowest BCUT2D eigenvalue weighted by Crippen LogP contribution is -2.08. The van der Waals surface area contributed by atoms with Crippen molar-refractivity contribution in [3.05, 3.63) is 24.5 Å². The van der Waals surface area contributed by atoms with Gasteiger partial charge in [0.15, 0.2) is 0 Å². The Morgan fingerprint density at radius 3 is 2.07 bits per heavy atom. The van der Waals surface area contributed by atoms with Crippen LogP contribution < -0.4 is 5.73 Å². The zero-order chi connectivity index (χ0) is 11.0. The van der Waals surface area contributed by atoms with Crippen LogP contribution in [0.4, 0.5) is 19.0 Å². The fourth-order valence-electron chi connectivity index (χ4n) is 0.397. The first-order valence-electron chi connectivity index (χ1n) is 3.34. The van der Waals surface area contributed by atoms with Crippen LogP contribution in [0, 0.1) is 0 Å². The Morgan fingerprint density at radius 1 is 1.43 bits per heavy atom. The number of nitrogens with zero attached hydrogens (tertiary/aromatic N) is 1. The van der Waals surface area contributed by atoms with Gasteiger partial charge in [0.1, 0.15) is 0 Å². The molecule has 0 saturated carbocycles. The van der Waals surface area contributed by atoms with E-state index in [-0.39, 0.29) is 0 Å². The molecule has 0 aliphatic heterocycles. The maximum absolute atomic E-state index is 10.7. The molecule has 0 amide bonds. The Morgan fingerprint density at radius 2 is 1.93 bits per heavy atom. The van der Waals surface area contributed by atoms with Gasteiger partial charge in [-0.3, -0.25) is 4.98 Å². The van der Waals surface area contributed by atoms with Gasteiger partial charge in [0.25, 0.3) is 0 Å². The molecule has 0 atom stereocenters. The van der Waals surface area contributed by atoms with Crippen LogP contribution in [0.3, 0.4) is 0 Å². The first-order chi connectivity index (χ1) is 6.57. The molecule has 0 spiro atoms. The fourth-order valence-corrected chi connectivity index (χ4v) is 0.397. The summed E-state index contributed by atoms with van der Waals surface area (Å²) in [6, 6.07) is 3.50. The number of hydrogen-bond acceptors (Lipinski definition) is 4. The number of nitrogen functional groups attached to an aromatic ring is 1. The Balaban J connectivity index is 0.000000241. The Kier molecular flexibility index (Phi) is 5.84. The Labute approximate surface area is 77.4 Å². The van der Waals surface area contributed by atoms with E-state index in [0.717, 1.165) is 5.69 Å². The molecule has 1 rings (SSSR count). The third kappa shape index (κ3) is 5.81. The summed E-state index contributed by atoms with van der Waals surface area (Å²) in [7, 11) is 0. The average molecular weight is 208 g/mol. The first kappa shape index (κ1) is 12.2. The van der Waals surface area contributed by atoms with E-state index in [9.17, 15) is 13.3 Å². The molecule has 2 N–H and O–H groups in total. The first-order valence-corrected chi connectivity index (χ1v) is 3.34. The van der Waals surface area contributed by atoms with Gasteiger partial charge in [-0.25, -0.2) is 9.74 Å². The second kappa shape index (κ2) is 6.70. The summed E-state index contributed by atoms with van der Waals surface area (Å²) in [5.74, 6) is -2.15. The summed E-state index contributed by atoms with van der Waals surface area (Å²) in [6.45, 7) is 0. The van der Waals surface area contributed by atoms with E-state index in [1.807, 2.05) is 0 Å². The monoisotopic (exact) mass is 208 g/mol. The van der Waals surface area contributed by atoms with Crippen molar-refractivity contribution in [3.63, 3.8) is 0 Å². The van der Waals surface area contributed by atoms with Crippen LogP contribution in [0.1, 0.15) is 0 Å². The molecule has 0 fully saturated rings. The van der Waals surface area contributed by atoms with Crippen LogP contribution in [0.5, 0.6) is 0 Å². The summed E-state index contributed by atoms with van der Waals surface area (Å²) >= 11 is 0. The third-order valence-corrected chi connectivity index (χ3v) is 0.960. The highest BCUT2D eigenvalue weighted by atomic mass is 19.3. The van der Waals surface area contributed by atoms with E-state index in [1.54, 1.807) is 24.5 Å². The van der Waals surface area contributed by atoms with Gasteiger partial charge >= 0.3 is 12.4 Å².